The van der Waals surface area contributed by atoms with Crippen molar-refractivity contribution in [3.63, 3.8) is 0 Å². The van der Waals surface area contributed by atoms with Crippen LogP contribution in [0.2, 0.25) is 5.02 Å². The lowest BCUT2D eigenvalue weighted by Crippen LogP contribution is -2.39. The molecular formula is C13H21ClN4O2. The fourth-order valence-electron chi connectivity index (χ4n) is 1.90. The maximum Gasteiger partial charge on any atom is 0.148 e. The van der Waals surface area contributed by atoms with Crippen molar-refractivity contribution < 1.29 is 9.47 Å². The van der Waals surface area contributed by atoms with E-state index in [1.54, 1.807) is 26.5 Å². The summed E-state index contributed by atoms with van der Waals surface area (Å²) in [5.74, 6) is 0.505. The third kappa shape index (κ3) is 4.06. The van der Waals surface area contributed by atoms with Crippen LogP contribution in [0.5, 0.6) is 0 Å². The first-order valence-corrected chi connectivity index (χ1v) is 6.64. The maximum absolute atomic E-state index is 7.54. The number of nitrogens with one attached hydrogen (secondary N) is 1. The fourth-order valence-corrected chi connectivity index (χ4v) is 2.22. The van der Waals surface area contributed by atoms with Crippen LogP contribution < -0.4 is 10.6 Å². The zero-order valence-electron chi connectivity index (χ0n) is 12.0. The molecule has 20 heavy (non-hydrogen) atoms. The quantitative estimate of drug-likeness (QED) is 0.561. The van der Waals surface area contributed by atoms with Crippen LogP contribution in [0, 0.1) is 5.41 Å². The predicted molar refractivity (Wildman–Crippen MR) is 80.8 cm³/mol. The van der Waals surface area contributed by atoms with Gasteiger partial charge < -0.3 is 20.1 Å². The van der Waals surface area contributed by atoms with E-state index in [9.17, 15) is 0 Å². The first kappa shape index (κ1) is 16.7. The number of methoxy groups -OCH3 is 2. The van der Waals surface area contributed by atoms with E-state index < -0.39 is 0 Å². The van der Waals surface area contributed by atoms with Gasteiger partial charge in [0, 0.05) is 32.5 Å². The molecule has 0 fully saturated rings. The highest BCUT2D eigenvalue weighted by atomic mass is 35.5. The van der Waals surface area contributed by atoms with Crippen molar-refractivity contribution in [1.82, 2.24) is 4.98 Å². The van der Waals surface area contributed by atoms with Crippen molar-refractivity contribution >= 4 is 23.3 Å². The Hall–Kier alpha value is -1.37. The molecule has 0 aliphatic carbocycles. The summed E-state index contributed by atoms with van der Waals surface area (Å²) in [6.45, 7) is 3.70. The third-order valence-electron chi connectivity index (χ3n) is 2.91. The molecule has 1 atom stereocenters. The minimum absolute atomic E-state index is 0.0716. The molecule has 0 saturated heterocycles. The summed E-state index contributed by atoms with van der Waals surface area (Å²) >= 11 is 6.32. The largest absolute Gasteiger partial charge is 0.384 e. The van der Waals surface area contributed by atoms with E-state index in [0.29, 0.717) is 36.2 Å². The number of pyridine rings is 1. The van der Waals surface area contributed by atoms with Gasteiger partial charge in [0.2, 0.25) is 0 Å². The van der Waals surface area contributed by atoms with Crippen molar-refractivity contribution in [2.75, 3.05) is 38.9 Å². The van der Waals surface area contributed by atoms with Crippen molar-refractivity contribution in [1.29, 1.82) is 5.41 Å². The first-order valence-electron chi connectivity index (χ1n) is 6.26. The van der Waals surface area contributed by atoms with Crippen LogP contribution in [-0.4, -0.2) is 50.8 Å². The number of rotatable bonds is 8. The number of anilines is 1. The summed E-state index contributed by atoms with van der Waals surface area (Å²) in [5.41, 5.74) is 6.00. The summed E-state index contributed by atoms with van der Waals surface area (Å²) in [6.07, 6.45) is 1.59. The number of aromatic nitrogens is 1. The van der Waals surface area contributed by atoms with E-state index in [0.717, 1.165) is 0 Å². The van der Waals surface area contributed by atoms with E-state index in [1.165, 1.54) is 0 Å². The average molecular weight is 301 g/mol. The second kappa shape index (κ2) is 8.04. The second-order valence-corrected chi connectivity index (χ2v) is 4.78. The molecule has 0 aliphatic rings. The van der Waals surface area contributed by atoms with Gasteiger partial charge in [-0.3, -0.25) is 5.41 Å². The zero-order chi connectivity index (χ0) is 15.1. The van der Waals surface area contributed by atoms with Gasteiger partial charge in [0.15, 0.2) is 0 Å². The lowest BCUT2D eigenvalue weighted by Gasteiger charge is -2.30. The van der Waals surface area contributed by atoms with E-state index in [4.69, 9.17) is 32.2 Å². The molecule has 1 heterocycles. The number of nitrogen functional groups attached to an aromatic ring is 1. The first-order chi connectivity index (χ1) is 9.52. The summed E-state index contributed by atoms with van der Waals surface area (Å²) in [5, 5.41) is 7.91. The van der Waals surface area contributed by atoms with Gasteiger partial charge in [0.05, 0.1) is 24.3 Å². The summed E-state index contributed by atoms with van der Waals surface area (Å²) in [6, 6.07) is 1.70. The SMILES string of the molecule is COCCN(c1nccc(C(=N)N)c1Cl)C(C)COC. The molecular weight excluding hydrogens is 280 g/mol. The Balaban J connectivity index is 3.12. The lowest BCUT2D eigenvalue weighted by molar-refractivity contribution is 0.170. The smallest absolute Gasteiger partial charge is 0.148 e. The Labute approximate surface area is 124 Å². The highest BCUT2D eigenvalue weighted by Crippen LogP contribution is 2.28. The van der Waals surface area contributed by atoms with Gasteiger partial charge in [-0.2, -0.15) is 0 Å². The van der Waals surface area contributed by atoms with Gasteiger partial charge >= 0.3 is 0 Å². The average Bonchev–Trinajstić information content (AvgIpc) is 2.40. The molecule has 1 aromatic rings. The third-order valence-corrected chi connectivity index (χ3v) is 3.28. The Morgan fingerprint density at radius 2 is 2.20 bits per heavy atom. The van der Waals surface area contributed by atoms with E-state index >= 15 is 0 Å². The Bertz CT molecular complexity index is 456. The van der Waals surface area contributed by atoms with Gasteiger partial charge in [0.25, 0.3) is 0 Å². The number of amidine groups is 1. The van der Waals surface area contributed by atoms with Gasteiger partial charge in [-0.05, 0) is 13.0 Å². The molecule has 0 saturated carbocycles. The molecule has 112 valence electrons. The van der Waals surface area contributed by atoms with Crippen LogP contribution in [0.1, 0.15) is 12.5 Å². The molecule has 0 spiro atoms. The number of hydrogen-bond donors (Lipinski definition) is 2. The topological polar surface area (TPSA) is 84.5 Å². The molecule has 7 heteroatoms. The van der Waals surface area contributed by atoms with Crippen molar-refractivity contribution in [2.24, 2.45) is 5.73 Å². The molecule has 1 aromatic heterocycles. The van der Waals surface area contributed by atoms with E-state index in [-0.39, 0.29) is 11.9 Å². The minimum Gasteiger partial charge on any atom is -0.384 e. The normalized spacial score (nSPS) is 12.2. The van der Waals surface area contributed by atoms with Crippen LogP contribution >= 0.6 is 11.6 Å². The molecule has 1 rings (SSSR count). The Morgan fingerprint density at radius 1 is 1.50 bits per heavy atom. The van der Waals surface area contributed by atoms with Crippen LogP contribution in [-0.2, 0) is 9.47 Å². The number of halogens is 1. The molecule has 0 radical (unpaired) electrons. The lowest BCUT2D eigenvalue weighted by atomic mass is 10.2. The molecule has 0 aliphatic heterocycles. The number of nitrogens with zero attached hydrogens (tertiary/aromatic N) is 2. The van der Waals surface area contributed by atoms with Gasteiger partial charge in [0.1, 0.15) is 11.7 Å². The molecule has 6 nitrogen and oxygen atoms in total. The number of nitrogens with two attached hydrogens (primary N) is 1. The second-order valence-electron chi connectivity index (χ2n) is 4.40. The van der Waals surface area contributed by atoms with Gasteiger partial charge in [-0.1, -0.05) is 11.6 Å². The molecule has 0 bridgehead atoms. The van der Waals surface area contributed by atoms with Crippen LogP contribution in [0.15, 0.2) is 12.3 Å². The minimum atomic E-state index is -0.0789. The van der Waals surface area contributed by atoms with Gasteiger partial charge in [-0.25, -0.2) is 4.98 Å². The maximum atomic E-state index is 7.54. The van der Waals surface area contributed by atoms with Crippen LogP contribution in [0.4, 0.5) is 5.82 Å². The predicted octanol–water partition coefficient (Wildman–Crippen LogP) is 1.51. The molecule has 1 unspecified atom stereocenters. The number of ether oxygens (including phenoxy) is 2. The van der Waals surface area contributed by atoms with Crippen LogP contribution in [0.25, 0.3) is 0 Å². The molecule has 3 N–H and O–H groups in total. The number of hydrogen-bond acceptors (Lipinski definition) is 5. The Morgan fingerprint density at radius 3 is 2.75 bits per heavy atom. The molecule has 0 aromatic carbocycles. The fraction of sp³-hybridized carbons (Fsp3) is 0.538. The van der Waals surface area contributed by atoms with Crippen molar-refractivity contribution in [2.45, 2.75) is 13.0 Å². The van der Waals surface area contributed by atoms with Gasteiger partial charge in [-0.15, -0.1) is 0 Å². The highest BCUT2D eigenvalue weighted by molar-refractivity contribution is 6.36. The summed E-state index contributed by atoms with van der Waals surface area (Å²) in [7, 11) is 3.28. The van der Waals surface area contributed by atoms with Crippen molar-refractivity contribution in [3.05, 3.63) is 22.8 Å². The van der Waals surface area contributed by atoms with Crippen LogP contribution in [0.3, 0.4) is 0 Å². The monoisotopic (exact) mass is 300 g/mol. The van der Waals surface area contributed by atoms with E-state index in [1.807, 2.05) is 11.8 Å². The standard InChI is InChI=1S/C13H21ClN4O2/c1-9(8-20-3)18(6-7-19-2)13-11(14)10(12(15)16)4-5-17-13/h4-5,9H,6-8H2,1-3H3,(H3,15,16). The summed E-state index contributed by atoms with van der Waals surface area (Å²) < 4.78 is 10.3. The zero-order valence-corrected chi connectivity index (χ0v) is 12.8. The summed E-state index contributed by atoms with van der Waals surface area (Å²) in [4.78, 5) is 6.30. The van der Waals surface area contributed by atoms with Crippen molar-refractivity contribution in [3.8, 4) is 0 Å². The van der Waals surface area contributed by atoms with E-state index in [2.05, 4.69) is 4.98 Å². The Kier molecular flexibility index (Phi) is 6.70. The highest BCUT2D eigenvalue weighted by Gasteiger charge is 2.20. The molecule has 0 amide bonds.